The molecule has 0 radical (unpaired) electrons. The Hall–Kier alpha value is -2.58. The summed E-state index contributed by atoms with van der Waals surface area (Å²) in [6.45, 7) is 4.10. The van der Waals surface area contributed by atoms with Crippen molar-refractivity contribution in [2.45, 2.75) is 18.7 Å². The molecular weight excluding hydrogens is 399 g/mol. The zero-order valence-electron chi connectivity index (χ0n) is 15.0. The monoisotopic (exact) mass is 418 g/mol. The lowest BCUT2D eigenvalue weighted by Crippen LogP contribution is -2.18. The first kappa shape index (κ1) is 20.2. The van der Waals surface area contributed by atoms with Crippen LogP contribution in [0.1, 0.15) is 12.0 Å². The third-order valence-corrected chi connectivity index (χ3v) is 6.67. The maximum absolute atomic E-state index is 13.5. The molecule has 0 bridgehead atoms. The second-order valence-electron chi connectivity index (χ2n) is 6.23. The van der Waals surface area contributed by atoms with Crippen LogP contribution in [-0.4, -0.2) is 24.6 Å². The van der Waals surface area contributed by atoms with E-state index in [0.717, 1.165) is 5.52 Å². The smallest absolute Gasteiger partial charge is 0.249 e. The van der Waals surface area contributed by atoms with E-state index in [0.29, 0.717) is 21.6 Å². The van der Waals surface area contributed by atoms with Crippen LogP contribution in [-0.2, 0) is 26.9 Å². The number of halogens is 1. The zero-order valence-corrected chi connectivity index (χ0v) is 16.7. The molecule has 0 aliphatic heterocycles. The van der Waals surface area contributed by atoms with Crippen molar-refractivity contribution in [2.75, 3.05) is 5.75 Å². The van der Waals surface area contributed by atoms with Gasteiger partial charge in [-0.3, -0.25) is 4.79 Å². The summed E-state index contributed by atoms with van der Waals surface area (Å²) in [4.78, 5) is 16.7. The minimum atomic E-state index is -3.42. The summed E-state index contributed by atoms with van der Waals surface area (Å²) in [5, 5.41) is 0. The van der Waals surface area contributed by atoms with Crippen LogP contribution in [0.15, 0.2) is 66.2 Å². The fourth-order valence-electron chi connectivity index (χ4n) is 2.74. The van der Waals surface area contributed by atoms with Crippen LogP contribution < -0.4 is 4.80 Å². The van der Waals surface area contributed by atoms with Crippen LogP contribution in [0.25, 0.3) is 10.2 Å². The summed E-state index contributed by atoms with van der Waals surface area (Å²) in [7, 11) is -3.42. The zero-order chi connectivity index (χ0) is 20.1. The minimum absolute atomic E-state index is 0.111. The second kappa shape index (κ2) is 8.62. The van der Waals surface area contributed by atoms with Crippen molar-refractivity contribution >= 4 is 37.3 Å². The molecule has 3 aromatic rings. The Morgan fingerprint density at radius 1 is 1.21 bits per heavy atom. The third-order valence-electron chi connectivity index (χ3n) is 4.03. The Labute approximate surface area is 166 Å². The summed E-state index contributed by atoms with van der Waals surface area (Å²) in [5.41, 5.74) is 1.43. The lowest BCUT2D eigenvalue weighted by molar-refractivity contribution is -0.117. The van der Waals surface area contributed by atoms with E-state index in [4.69, 9.17) is 0 Å². The van der Waals surface area contributed by atoms with Crippen molar-refractivity contribution in [1.82, 2.24) is 4.57 Å². The number of nitrogens with zero attached hydrogens (tertiary/aromatic N) is 2. The van der Waals surface area contributed by atoms with E-state index in [2.05, 4.69) is 11.6 Å². The fraction of sp³-hybridized carbons (Fsp3) is 0.200. The Morgan fingerprint density at radius 3 is 2.68 bits per heavy atom. The highest BCUT2D eigenvalue weighted by Crippen LogP contribution is 2.18. The van der Waals surface area contributed by atoms with Gasteiger partial charge >= 0.3 is 0 Å². The summed E-state index contributed by atoms with van der Waals surface area (Å²) in [6, 6.07) is 13.2. The van der Waals surface area contributed by atoms with Gasteiger partial charge in [0.1, 0.15) is 5.82 Å². The molecule has 0 fully saturated rings. The van der Waals surface area contributed by atoms with E-state index < -0.39 is 15.7 Å². The second-order valence-corrected chi connectivity index (χ2v) is 9.42. The fourth-order valence-corrected chi connectivity index (χ4v) is 5.16. The summed E-state index contributed by atoms with van der Waals surface area (Å²) in [5.74, 6) is -1.28. The van der Waals surface area contributed by atoms with Gasteiger partial charge in [-0.05, 0) is 23.8 Å². The van der Waals surface area contributed by atoms with Crippen molar-refractivity contribution in [1.29, 1.82) is 0 Å². The van der Waals surface area contributed by atoms with Crippen LogP contribution in [0, 0.1) is 5.82 Å². The average molecular weight is 419 g/mol. The van der Waals surface area contributed by atoms with Crippen molar-refractivity contribution in [3.63, 3.8) is 0 Å². The number of allylic oxidation sites excluding steroid dienone is 1. The molecule has 0 aliphatic rings. The topological polar surface area (TPSA) is 68.5 Å². The quantitative estimate of drug-likeness (QED) is 0.552. The van der Waals surface area contributed by atoms with E-state index in [1.807, 2.05) is 6.07 Å². The number of fused-ring (bicyclic) bond motifs is 1. The normalized spacial score (nSPS) is 12.4. The first-order valence-electron chi connectivity index (χ1n) is 8.60. The van der Waals surface area contributed by atoms with Gasteiger partial charge in [-0.2, -0.15) is 4.99 Å². The molecule has 5 nitrogen and oxygen atoms in total. The molecular formula is C20H19FN2O3S2. The van der Waals surface area contributed by atoms with Crippen LogP contribution in [0.3, 0.4) is 0 Å². The SMILES string of the molecule is C=CCn1c(=NC(=O)CCS(=O)(=O)Cc2ccccc2)sc2cc(F)ccc21. The van der Waals surface area contributed by atoms with Gasteiger partial charge in [0.05, 0.1) is 21.7 Å². The molecule has 28 heavy (non-hydrogen) atoms. The number of carbonyl (C=O) groups excluding carboxylic acids is 1. The third kappa shape index (κ3) is 5.02. The lowest BCUT2D eigenvalue weighted by Gasteiger charge is -2.03. The predicted octanol–water partition coefficient (Wildman–Crippen LogP) is 3.46. The van der Waals surface area contributed by atoms with Gasteiger partial charge in [0, 0.05) is 13.0 Å². The van der Waals surface area contributed by atoms with Crippen LogP contribution in [0.4, 0.5) is 4.39 Å². The molecule has 1 heterocycles. The molecule has 0 unspecified atom stereocenters. The van der Waals surface area contributed by atoms with E-state index in [-0.39, 0.29) is 23.7 Å². The first-order chi connectivity index (χ1) is 13.4. The first-order valence-corrected chi connectivity index (χ1v) is 11.2. The number of amides is 1. The highest BCUT2D eigenvalue weighted by atomic mass is 32.2. The number of benzene rings is 2. The number of hydrogen-bond donors (Lipinski definition) is 0. The largest absolute Gasteiger partial charge is 0.313 e. The number of hydrogen-bond acceptors (Lipinski definition) is 4. The molecule has 1 amide bonds. The molecule has 0 saturated heterocycles. The molecule has 0 atom stereocenters. The number of thiazole rings is 1. The molecule has 8 heteroatoms. The number of aromatic nitrogens is 1. The lowest BCUT2D eigenvalue weighted by atomic mass is 10.2. The van der Waals surface area contributed by atoms with E-state index >= 15 is 0 Å². The van der Waals surface area contributed by atoms with Crippen LogP contribution >= 0.6 is 11.3 Å². The highest BCUT2D eigenvalue weighted by Gasteiger charge is 2.15. The van der Waals surface area contributed by atoms with Crippen LogP contribution in [0.5, 0.6) is 0 Å². The molecule has 0 saturated carbocycles. The average Bonchev–Trinajstić information content (AvgIpc) is 2.97. The molecule has 0 aliphatic carbocycles. The minimum Gasteiger partial charge on any atom is -0.313 e. The molecule has 3 rings (SSSR count). The van der Waals surface area contributed by atoms with Gasteiger partial charge in [-0.25, -0.2) is 12.8 Å². The summed E-state index contributed by atoms with van der Waals surface area (Å²) in [6.07, 6.45) is 1.45. The van der Waals surface area contributed by atoms with E-state index in [1.54, 1.807) is 41.0 Å². The van der Waals surface area contributed by atoms with Gasteiger partial charge < -0.3 is 4.57 Å². The Balaban J connectivity index is 1.79. The number of sulfone groups is 1. The van der Waals surface area contributed by atoms with Crippen molar-refractivity contribution in [3.05, 3.63) is 77.4 Å². The molecule has 2 aromatic carbocycles. The van der Waals surface area contributed by atoms with Crippen molar-refractivity contribution in [3.8, 4) is 0 Å². The van der Waals surface area contributed by atoms with Gasteiger partial charge in [-0.15, -0.1) is 6.58 Å². The maximum atomic E-state index is 13.5. The Bertz CT molecular complexity index is 1180. The standard InChI is InChI=1S/C20H19FN2O3S2/c1-2-11-23-17-9-8-16(21)13-18(17)27-20(23)22-19(24)10-12-28(25,26)14-15-6-4-3-5-7-15/h2-9,13H,1,10-12,14H2. The summed E-state index contributed by atoms with van der Waals surface area (Å²) >= 11 is 1.18. The number of carbonyl (C=O) groups is 1. The predicted molar refractivity (Wildman–Crippen MR) is 109 cm³/mol. The van der Waals surface area contributed by atoms with E-state index in [1.165, 1.54) is 23.5 Å². The van der Waals surface area contributed by atoms with Gasteiger partial charge in [0.15, 0.2) is 14.6 Å². The molecule has 146 valence electrons. The van der Waals surface area contributed by atoms with Crippen LogP contribution in [0.2, 0.25) is 0 Å². The molecule has 1 aromatic heterocycles. The Kier molecular flexibility index (Phi) is 6.21. The molecule has 0 spiro atoms. The van der Waals surface area contributed by atoms with Crippen molar-refractivity contribution in [2.24, 2.45) is 4.99 Å². The van der Waals surface area contributed by atoms with Gasteiger partial charge in [0.2, 0.25) is 5.91 Å². The van der Waals surface area contributed by atoms with Gasteiger partial charge in [0.25, 0.3) is 0 Å². The van der Waals surface area contributed by atoms with Gasteiger partial charge in [-0.1, -0.05) is 47.7 Å². The Morgan fingerprint density at radius 2 is 1.96 bits per heavy atom. The maximum Gasteiger partial charge on any atom is 0.249 e. The highest BCUT2D eigenvalue weighted by molar-refractivity contribution is 7.90. The number of rotatable bonds is 7. The van der Waals surface area contributed by atoms with E-state index in [9.17, 15) is 17.6 Å². The molecule has 0 N–H and O–H groups in total. The van der Waals surface area contributed by atoms with Crippen molar-refractivity contribution < 1.29 is 17.6 Å². The summed E-state index contributed by atoms with van der Waals surface area (Å²) < 4.78 is 40.4.